The Balaban J connectivity index is 2.07. The van der Waals surface area contributed by atoms with E-state index in [0.717, 1.165) is 22.3 Å². The molecule has 0 radical (unpaired) electrons. The topological polar surface area (TPSA) is 73.2 Å². The molecule has 1 aliphatic rings. The highest BCUT2D eigenvalue weighted by atomic mass is 32.2. The van der Waals surface area contributed by atoms with Crippen molar-refractivity contribution >= 4 is 29.3 Å². The number of likely N-dealkylation sites (N-methyl/N-ethyl adjacent to an activating group) is 1. The third-order valence-electron chi connectivity index (χ3n) is 4.98. The van der Waals surface area contributed by atoms with Crippen molar-refractivity contribution in [3.8, 4) is 6.07 Å². The van der Waals surface area contributed by atoms with Crippen LogP contribution in [0, 0.1) is 32.1 Å². The van der Waals surface area contributed by atoms with E-state index in [1.54, 1.807) is 0 Å². The summed E-state index contributed by atoms with van der Waals surface area (Å²) in [5.74, 6) is -0.612. The highest BCUT2D eigenvalue weighted by Gasteiger charge is 2.40. The van der Waals surface area contributed by atoms with Gasteiger partial charge in [-0.25, -0.2) is 0 Å². The molecule has 1 aliphatic heterocycles. The molecule has 0 spiro atoms. The summed E-state index contributed by atoms with van der Waals surface area (Å²) in [5, 5.41) is 12.1. The number of carbonyl (C=O) groups excluding carboxylic acids is 2. The predicted molar refractivity (Wildman–Crippen MR) is 116 cm³/mol. The van der Waals surface area contributed by atoms with E-state index in [2.05, 4.69) is 11.4 Å². The standard InChI is InChI=1S/C23H23N3O2S/c1-14-6-5-7-17(10-14)12-20-22(28)26(18-9-8-15(2)16(3)11-18)23(29-20)19(13-24)21(27)25-4/h5-11,20H,12H2,1-4H3,(H,25,27)/b23-19-. The lowest BCUT2D eigenvalue weighted by molar-refractivity contribution is -0.117. The fourth-order valence-electron chi connectivity index (χ4n) is 3.26. The molecule has 1 N–H and O–H groups in total. The molecule has 2 aromatic rings. The van der Waals surface area contributed by atoms with Crippen molar-refractivity contribution in [1.82, 2.24) is 5.32 Å². The zero-order chi connectivity index (χ0) is 21.1. The Labute approximate surface area is 175 Å². The summed E-state index contributed by atoms with van der Waals surface area (Å²) in [4.78, 5) is 27.2. The largest absolute Gasteiger partial charge is 0.354 e. The minimum Gasteiger partial charge on any atom is -0.354 e. The fourth-order valence-corrected chi connectivity index (χ4v) is 4.57. The molecule has 1 atom stereocenters. The lowest BCUT2D eigenvalue weighted by Gasteiger charge is -2.19. The molecule has 1 unspecified atom stereocenters. The molecule has 0 aromatic heterocycles. The van der Waals surface area contributed by atoms with Gasteiger partial charge in [-0.1, -0.05) is 47.7 Å². The SMILES string of the molecule is CNC(=O)/C(C#N)=C1\SC(Cc2cccc(C)c2)C(=O)N1c1ccc(C)c(C)c1. The van der Waals surface area contributed by atoms with Crippen LogP contribution in [0.2, 0.25) is 0 Å². The molecular formula is C23H23N3O2S. The van der Waals surface area contributed by atoms with Crippen LogP contribution in [0.4, 0.5) is 5.69 Å². The number of anilines is 1. The molecule has 1 heterocycles. The van der Waals surface area contributed by atoms with Crippen molar-refractivity contribution in [2.24, 2.45) is 0 Å². The van der Waals surface area contributed by atoms with Crippen LogP contribution in [0.3, 0.4) is 0 Å². The number of nitrogens with zero attached hydrogens (tertiary/aromatic N) is 2. The predicted octanol–water partition coefficient (Wildman–Crippen LogP) is 3.78. The lowest BCUT2D eigenvalue weighted by atomic mass is 10.1. The van der Waals surface area contributed by atoms with Gasteiger partial charge in [0.15, 0.2) is 0 Å². The molecule has 6 heteroatoms. The Hall–Kier alpha value is -3.04. The molecule has 2 aromatic carbocycles. The van der Waals surface area contributed by atoms with Crippen molar-refractivity contribution < 1.29 is 9.59 Å². The molecule has 5 nitrogen and oxygen atoms in total. The molecule has 0 aliphatic carbocycles. The van der Waals surface area contributed by atoms with Gasteiger partial charge in [0.1, 0.15) is 16.7 Å². The zero-order valence-corrected chi connectivity index (χ0v) is 17.8. The normalized spacial score (nSPS) is 17.8. The quantitative estimate of drug-likeness (QED) is 0.621. The van der Waals surface area contributed by atoms with Crippen LogP contribution >= 0.6 is 11.8 Å². The van der Waals surface area contributed by atoms with Crippen molar-refractivity contribution in [2.75, 3.05) is 11.9 Å². The number of hydrogen-bond acceptors (Lipinski definition) is 4. The van der Waals surface area contributed by atoms with Crippen molar-refractivity contribution in [1.29, 1.82) is 5.26 Å². The molecule has 1 fully saturated rings. The molecule has 0 saturated carbocycles. The van der Waals surface area contributed by atoms with Gasteiger partial charge in [0.25, 0.3) is 5.91 Å². The maximum atomic E-state index is 13.4. The summed E-state index contributed by atoms with van der Waals surface area (Å²) in [5.41, 5.74) is 4.96. The first-order valence-electron chi connectivity index (χ1n) is 9.35. The average Bonchev–Trinajstić information content (AvgIpc) is 3.00. The number of rotatable bonds is 4. The first-order chi connectivity index (χ1) is 13.8. The highest BCUT2D eigenvalue weighted by molar-refractivity contribution is 8.05. The van der Waals surface area contributed by atoms with E-state index in [1.165, 1.54) is 23.7 Å². The molecule has 29 heavy (non-hydrogen) atoms. The third kappa shape index (κ3) is 4.20. The Morgan fingerprint density at radius 2 is 1.93 bits per heavy atom. The molecule has 0 bridgehead atoms. The number of hydrogen-bond donors (Lipinski definition) is 1. The minimum atomic E-state index is -0.493. The van der Waals surface area contributed by atoms with Gasteiger partial charge in [-0.2, -0.15) is 5.26 Å². The molecular weight excluding hydrogens is 382 g/mol. The second kappa shape index (κ2) is 8.54. The van der Waals surface area contributed by atoms with E-state index < -0.39 is 11.2 Å². The zero-order valence-electron chi connectivity index (χ0n) is 16.9. The van der Waals surface area contributed by atoms with Crippen LogP contribution in [-0.4, -0.2) is 24.1 Å². The second-order valence-electron chi connectivity index (χ2n) is 7.11. The van der Waals surface area contributed by atoms with Crippen LogP contribution in [0.5, 0.6) is 0 Å². The number of aryl methyl sites for hydroxylation is 3. The highest BCUT2D eigenvalue weighted by Crippen LogP contribution is 2.42. The van der Waals surface area contributed by atoms with Crippen molar-refractivity contribution in [3.63, 3.8) is 0 Å². The average molecular weight is 406 g/mol. The van der Waals surface area contributed by atoms with Gasteiger partial charge in [0.2, 0.25) is 5.91 Å². The van der Waals surface area contributed by atoms with Crippen molar-refractivity contribution in [3.05, 3.63) is 75.3 Å². The summed E-state index contributed by atoms with van der Waals surface area (Å²) >= 11 is 1.28. The van der Waals surface area contributed by atoms with Gasteiger partial charge in [-0.05, 0) is 56.0 Å². The van der Waals surface area contributed by atoms with Crippen molar-refractivity contribution in [2.45, 2.75) is 32.4 Å². The van der Waals surface area contributed by atoms with E-state index in [-0.39, 0.29) is 11.5 Å². The number of amides is 2. The second-order valence-corrected chi connectivity index (χ2v) is 8.30. The molecule has 148 valence electrons. The van der Waals surface area contributed by atoms with Crippen LogP contribution < -0.4 is 10.2 Å². The number of thioether (sulfide) groups is 1. The molecule has 2 amide bonds. The van der Waals surface area contributed by atoms with Gasteiger partial charge in [0, 0.05) is 12.7 Å². The maximum absolute atomic E-state index is 13.4. The Bertz CT molecular complexity index is 1050. The third-order valence-corrected chi connectivity index (χ3v) is 6.25. The minimum absolute atomic E-state index is 0.0455. The Morgan fingerprint density at radius 3 is 2.55 bits per heavy atom. The number of nitrogens with one attached hydrogen (secondary N) is 1. The lowest BCUT2D eigenvalue weighted by Crippen LogP contribution is -2.31. The fraction of sp³-hybridized carbons (Fsp3) is 0.261. The number of carbonyl (C=O) groups is 2. The van der Waals surface area contributed by atoms with Crippen LogP contribution in [0.15, 0.2) is 53.1 Å². The van der Waals surface area contributed by atoms with Gasteiger partial charge in [-0.15, -0.1) is 0 Å². The number of benzene rings is 2. The molecule has 1 saturated heterocycles. The summed E-state index contributed by atoms with van der Waals surface area (Å²) in [6.07, 6.45) is 0.530. The summed E-state index contributed by atoms with van der Waals surface area (Å²) in [6, 6.07) is 15.7. The summed E-state index contributed by atoms with van der Waals surface area (Å²) < 4.78 is 0. The first kappa shape index (κ1) is 20.7. The van der Waals surface area contributed by atoms with Gasteiger partial charge >= 0.3 is 0 Å². The van der Waals surface area contributed by atoms with Gasteiger partial charge in [0.05, 0.1) is 5.25 Å². The summed E-state index contributed by atoms with van der Waals surface area (Å²) in [6.45, 7) is 5.99. The van der Waals surface area contributed by atoms with E-state index in [9.17, 15) is 14.9 Å². The monoisotopic (exact) mass is 405 g/mol. The van der Waals surface area contributed by atoms with E-state index in [4.69, 9.17) is 0 Å². The first-order valence-corrected chi connectivity index (χ1v) is 10.2. The van der Waals surface area contributed by atoms with Crippen LogP contribution in [-0.2, 0) is 16.0 Å². The molecule has 3 rings (SSSR count). The van der Waals surface area contributed by atoms with E-state index in [1.807, 2.05) is 63.2 Å². The van der Waals surface area contributed by atoms with Gasteiger partial charge < -0.3 is 5.32 Å². The number of nitriles is 1. The summed E-state index contributed by atoms with van der Waals surface area (Å²) in [7, 11) is 1.48. The van der Waals surface area contributed by atoms with Crippen LogP contribution in [0.25, 0.3) is 0 Å². The van der Waals surface area contributed by atoms with Crippen LogP contribution in [0.1, 0.15) is 22.3 Å². The van der Waals surface area contributed by atoms with E-state index >= 15 is 0 Å². The Kier molecular flexibility index (Phi) is 6.09. The smallest absolute Gasteiger partial charge is 0.264 e. The van der Waals surface area contributed by atoms with E-state index in [0.29, 0.717) is 17.1 Å². The van der Waals surface area contributed by atoms with Gasteiger partial charge in [-0.3, -0.25) is 14.5 Å². The maximum Gasteiger partial charge on any atom is 0.264 e. The Morgan fingerprint density at radius 1 is 1.17 bits per heavy atom.